The van der Waals surface area contributed by atoms with Crippen molar-refractivity contribution in [3.63, 3.8) is 0 Å². The van der Waals surface area contributed by atoms with Gasteiger partial charge in [0.15, 0.2) is 0 Å². The molecule has 0 unspecified atom stereocenters. The van der Waals surface area contributed by atoms with Crippen molar-refractivity contribution in [2.75, 3.05) is 0 Å². The molecule has 19 heavy (non-hydrogen) atoms. The SMILES string of the molecule is Ic1ccc(C2=CCCC=C2)c(-c2ccccc2)c1. The van der Waals surface area contributed by atoms with Crippen LogP contribution in [-0.4, -0.2) is 0 Å². The maximum Gasteiger partial charge on any atom is 0.0136 e. The van der Waals surface area contributed by atoms with Gasteiger partial charge in [0.05, 0.1) is 0 Å². The van der Waals surface area contributed by atoms with E-state index in [0.29, 0.717) is 0 Å². The van der Waals surface area contributed by atoms with Crippen molar-refractivity contribution in [3.05, 3.63) is 75.9 Å². The third-order valence-electron chi connectivity index (χ3n) is 3.37. The maximum atomic E-state index is 2.38. The highest BCUT2D eigenvalue weighted by Gasteiger charge is 2.09. The summed E-state index contributed by atoms with van der Waals surface area (Å²) in [6.07, 6.45) is 9.16. The molecule has 0 heterocycles. The third-order valence-corrected chi connectivity index (χ3v) is 4.04. The van der Waals surface area contributed by atoms with Crippen LogP contribution >= 0.6 is 22.6 Å². The number of hydrogen-bond acceptors (Lipinski definition) is 0. The average Bonchev–Trinajstić information content (AvgIpc) is 2.49. The van der Waals surface area contributed by atoms with E-state index < -0.39 is 0 Å². The number of benzene rings is 2. The lowest BCUT2D eigenvalue weighted by atomic mass is 9.92. The van der Waals surface area contributed by atoms with Gasteiger partial charge in [0.25, 0.3) is 0 Å². The van der Waals surface area contributed by atoms with Gasteiger partial charge in [-0.1, -0.05) is 54.6 Å². The molecule has 0 bridgehead atoms. The Morgan fingerprint density at radius 2 is 1.68 bits per heavy atom. The normalized spacial score (nSPS) is 14.3. The summed E-state index contributed by atoms with van der Waals surface area (Å²) in [5.74, 6) is 0. The first-order chi connectivity index (χ1) is 9.34. The van der Waals surface area contributed by atoms with Gasteiger partial charge in [-0.3, -0.25) is 0 Å². The van der Waals surface area contributed by atoms with Crippen LogP contribution in [0.4, 0.5) is 0 Å². The van der Waals surface area contributed by atoms with E-state index in [1.54, 1.807) is 0 Å². The molecule has 0 saturated heterocycles. The highest BCUT2D eigenvalue weighted by molar-refractivity contribution is 14.1. The zero-order chi connectivity index (χ0) is 13.1. The molecule has 1 aliphatic carbocycles. The van der Waals surface area contributed by atoms with E-state index in [9.17, 15) is 0 Å². The van der Waals surface area contributed by atoms with Crippen molar-refractivity contribution in [1.29, 1.82) is 0 Å². The van der Waals surface area contributed by atoms with E-state index in [-0.39, 0.29) is 0 Å². The van der Waals surface area contributed by atoms with Crippen molar-refractivity contribution < 1.29 is 0 Å². The fourth-order valence-electron chi connectivity index (χ4n) is 2.44. The Hall–Kier alpha value is -1.35. The van der Waals surface area contributed by atoms with Gasteiger partial charge in [0.2, 0.25) is 0 Å². The Bertz CT molecular complexity index is 636. The molecule has 94 valence electrons. The van der Waals surface area contributed by atoms with E-state index in [1.807, 2.05) is 0 Å². The molecule has 3 rings (SSSR count). The minimum atomic E-state index is 1.14. The second-order valence-corrected chi connectivity index (χ2v) is 5.94. The zero-order valence-corrected chi connectivity index (χ0v) is 12.8. The van der Waals surface area contributed by atoms with Crippen molar-refractivity contribution in [3.8, 4) is 11.1 Å². The molecule has 1 aliphatic rings. The van der Waals surface area contributed by atoms with Gasteiger partial charge >= 0.3 is 0 Å². The first-order valence-electron chi connectivity index (χ1n) is 6.56. The second-order valence-electron chi connectivity index (χ2n) is 4.70. The molecule has 0 radical (unpaired) electrons. The van der Waals surface area contributed by atoms with Gasteiger partial charge in [-0.25, -0.2) is 0 Å². The van der Waals surface area contributed by atoms with E-state index in [2.05, 4.69) is 89.3 Å². The summed E-state index contributed by atoms with van der Waals surface area (Å²) in [6.45, 7) is 0. The van der Waals surface area contributed by atoms with Crippen LogP contribution in [0.15, 0.2) is 66.8 Å². The third kappa shape index (κ3) is 2.81. The summed E-state index contributed by atoms with van der Waals surface area (Å²) in [4.78, 5) is 0. The molecule has 0 amide bonds. The topological polar surface area (TPSA) is 0 Å². The Balaban J connectivity index is 2.15. The maximum absolute atomic E-state index is 2.38. The molecular weight excluding hydrogens is 343 g/mol. The smallest absolute Gasteiger partial charge is 0.0136 e. The summed E-state index contributed by atoms with van der Waals surface area (Å²) in [5, 5.41) is 0. The Morgan fingerprint density at radius 3 is 2.42 bits per heavy atom. The average molecular weight is 358 g/mol. The Morgan fingerprint density at radius 1 is 0.842 bits per heavy atom. The van der Waals surface area contributed by atoms with Crippen LogP contribution < -0.4 is 0 Å². The zero-order valence-electron chi connectivity index (χ0n) is 10.6. The standard InChI is InChI=1S/C18H15I/c19-16-11-12-17(14-7-3-1-4-8-14)18(13-16)15-9-5-2-6-10-15/h2-3,5-13H,1,4H2. The van der Waals surface area contributed by atoms with Crippen LogP contribution in [0.1, 0.15) is 18.4 Å². The number of rotatable bonds is 2. The second kappa shape index (κ2) is 5.74. The Kier molecular flexibility index (Phi) is 3.83. The monoisotopic (exact) mass is 358 g/mol. The van der Waals surface area contributed by atoms with Crippen LogP contribution in [0.5, 0.6) is 0 Å². The highest BCUT2D eigenvalue weighted by atomic mass is 127. The molecule has 0 atom stereocenters. The molecule has 1 heteroatoms. The van der Waals surface area contributed by atoms with Gasteiger partial charge < -0.3 is 0 Å². The first kappa shape index (κ1) is 12.7. The molecule has 0 aromatic heterocycles. The molecule has 0 spiro atoms. The lowest BCUT2D eigenvalue weighted by Gasteiger charge is -2.13. The molecular formula is C18H15I. The van der Waals surface area contributed by atoms with E-state index in [0.717, 1.165) is 12.8 Å². The fourth-order valence-corrected chi connectivity index (χ4v) is 2.93. The summed E-state index contributed by atoms with van der Waals surface area (Å²) in [5.41, 5.74) is 5.30. The van der Waals surface area contributed by atoms with Crippen LogP contribution in [0.3, 0.4) is 0 Å². The minimum Gasteiger partial charge on any atom is -0.0836 e. The first-order valence-corrected chi connectivity index (χ1v) is 7.64. The Labute approximate surface area is 128 Å². The van der Waals surface area contributed by atoms with Crippen LogP contribution in [-0.2, 0) is 0 Å². The molecule has 0 aliphatic heterocycles. The molecule has 2 aromatic rings. The lowest BCUT2D eigenvalue weighted by molar-refractivity contribution is 1.04. The summed E-state index contributed by atoms with van der Waals surface area (Å²) >= 11 is 2.38. The minimum absolute atomic E-state index is 1.14. The fraction of sp³-hybridized carbons (Fsp3) is 0.111. The van der Waals surface area contributed by atoms with Gasteiger partial charge in [0, 0.05) is 3.57 Å². The molecule has 0 fully saturated rings. The van der Waals surface area contributed by atoms with Crippen LogP contribution in [0, 0.1) is 3.57 Å². The predicted molar refractivity (Wildman–Crippen MR) is 90.9 cm³/mol. The van der Waals surface area contributed by atoms with Gasteiger partial charge in [-0.05, 0) is 69.8 Å². The largest absolute Gasteiger partial charge is 0.0836 e. The quantitative estimate of drug-likeness (QED) is 0.605. The van der Waals surface area contributed by atoms with Crippen LogP contribution in [0.25, 0.3) is 16.7 Å². The van der Waals surface area contributed by atoms with E-state index in [4.69, 9.17) is 0 Å². The number of hydrogen-bond donors (Lipinski definition) is 0. The molecule has 0 N–H and O–H groups in total. The van der Waals surface area contributed by atoms with Crippen molar-refractivity contribution in [1.82, 2.24) is 0 Å². The van der Waals surface area contributed by atoms with Gasteiger partial charge in [-0.15, -0.1) is 0 Å². The van der Waals surface area contributed by atoms with E-state index >= 15 is 0 Å². The number of halogens is 1. The van der Waals surface area contributed by atoms with Crippen molar-refractivity contribution in [2.45, 2.75) is 12.8 Å². The highest BCUT2D eigenvalue weighted by Crippen LogP contribution is 2.32. The van der Waals surface area contributed by atoms with Gasteiger partial charge in [0.1, 0.15) is 0 Å². The van der Waals surface area contributed by atoms with E-state index in [1.165, 1.54) is 25.8 Å². The van der Waals surface area contributed by atoms with Crippen molar-refractivity contribution in [2.24, 2.45) is 0 Å². The van der Waals surface area contributed by atoms with Crippen molar-refractivity contribution >= 4 is 28.2 Å². The molecule has 0 saturated carbocycles. The summed E-state index contributed by atoms with van der Waals surface area (Å²) in [6, 6.07) is 17.3. The molecule has 0 nitrogen and oxygen atoms in total. The number of allylic oxidation sites excluding steroid dienone is 4. The summed E-state index contributed by atoms with van der Waals surface area (Å²) in [7, 11) is 0. The molecule has 2 aromatic carbocycles. The summed E-state index contributed by atoms with van der Waals surface area (Å²) < 4.78 is 1.28. The lowest BCUT2D eigenvalue weighted by Crippen LogP contribution is -1.91. The van der Waals surface area contributed by atoms with Crippen LogP contribution in [0.2, 0.25) is 0 Å². The predicted octanol–water partition coefficient (Wildman–Crippen LogP) is 5.69. The van der Waals surface area contributed by atoms with Gasteiger partial charge in [-0.2, -0.15) is 0 Å².